The topological polar surface area (TPSA) is 13.1 Å². The van der Waals surface area contributed by atoms with E-state index in [9.17, 15) is 6.85 Å². The van der Waals surface area contributed by atoms with Crippen LogP contribution in [0.3, 0.4) is 0 Å². The van der Waals surface area contributed by atoms with Gasteiger partial charge in [-0.05, 0) is 105 Å². The molecule has 0 spiro atoms. The van der Waals surface area contributed by atoms with Gasteiger partial charge < -0.3 is 4.42 Å². The summed E-state index contributed by atoms with van der Waals surface area (Å²) >= 11 is 0. The van der Waals surface area contributed by atoms with Crippen molar-refractivity contribution >= 4 is 64.8 Å². The quantitative estimate of drug-likeness (QED) is 0.133. The zero-order chi connectivity index (χ0) is 41.0. The maximum absolute atomic E-state index is 10.3. The molecule has 0 bridgehead atoms. The van der Waals surface area contributed by atoms with Crippen molar-refractivity contribution in [1.29, 1.82) is 0 Å². The first-order valence-corrected chi connectivity index (χ1v) is 17.7. The van der Waals surface area contributed by atoms with Gasteiger partial charge in [-0.2, -0.15) is 0 Å². The Kier molecular flexibility index (Phi) is 5.23. The molecule has 246 valence electrons. The van der Waals surface area contributed by atoms with E-state index in [1.165, 1.54) is 0 Å². The number of rotatable bonds is 4. The van der Waals surface area contributed by atoms with E-state index in [0.717, 1.165) is 37.9 Å². The van der Waals surface area contributed by atoms with Crippen LogP contribution in [0.5, 0.6) is 0 Å². The van der Waals surface area contributed by atoms with Crippen molar-refractivity contribution in [3.05, 3.63) is 194 Å². The minimum Gasteiger partial charge on any atom is -0.456 e. The summed E-state index contributed by atoms with van der Waals surface area (Å²) < 4.78 is 74.1. The summed E-state index contributed by atoms with van der Waals surface area (Å²) in [4.78, 5) is 0. The second-order valence-corrected chi connectivity index (χ2v) is 13.4. The Morgan fingerprint density at radius 2 is 0.962 bits per heavy atom. The summed E-state index contributed by atoms with van der Waals surface area (Å²) in [6, 6.07) is 47.2. The average Bonchev–Trinajstić information content (AvgIpc) is 3.74. The van der Waals surface area contributed by atoms with Gasteiger partial charge in [0.05, 0.1) is 9.60 Å². The molecule has 0 radical (unpaired) electrons. The predicted octanol–water partition coefficient (Wildman–Crippen LogP) is 14.9. The lowest BCUT2D eigenvalue weighted by molar-refractivity contribution is 0.631. The van der Waals surface area contributed by atoms with Crippen LogP contribution in [0.15, 0.2) is 198 Å². The van der Waals surface area contributed by atoms with Crippen LogP contribution >= 0.6 is 0 Å². The van der Waals surface area contributed by atoms with Crippen molar-refractivity contribution < 1.29 is 14.0 Å². The van der Waals surface area contributed by atoms with Crippen LogP contribution in [0.2, 0.25) is 0 Å². The summed E-state index contributed by atoms with van der Waals surface area (Å²) in [7, 11) is 0. The fraction of sp³-hybridized carbons (Fsp3) is 0. The molecule has 11 aromatic rings. The molecule has 0 aliphatic rings. The van der Waals surface area contributed by atoms with Gasteiger partial charge >= 0.3 is 0 Å². The third kappa shape index (κ3) is 4.64. The van der Waals surface area contributed by atoms with Gasteiger partial charge in [0, 0.05) is 10.9 Å². The molecule has 0 N–H and O–H groups in total. The Balaban J connectivity index is 1.41. The first-order valence-electron chi connectivity index (χ1n) is 21.2. The lowest BCUT2D eigenvalue weighted by atomic mass is 9.82. The highest BCUT2D eigenvalue weighted by atomic mass is 16.3. The van der Waals surface area contributed by atoms with Crippen molar-refractivity contribution in [1.82, 2.24) is 0 Å². The van der Waals surface area contributed by atoms with Crippen LogP contribution in [0.1, 0.15) is 9.60 Å². The van der Waals surface area contributed by atoms with Gasteiger partial charge in [0.15, 0.2) is 0 Å². The van der Waals surface area contributed by atoms with Gasteiger partial charge in [-0.15, -0.1) is 0 Å². The summed E-state index contributed by atoms with van der Waals surface area (Å²) in [5.41, 5.74) is 4.31. The molecule has 1 nitrogen and oxygen atoms in total. The van der Waals surface area contributed by atoms with Crippen LogP contribution in [0.25, 0.3) is 110 Å². The molecule has 0 aliphatic heterocycles. The average molecular weight is 680 g/mol. The Morgan fingerprint density at radius 3 is 1.79 bits per heavy atom. The van der Waals surface area contributed by atoms with E-state index in [1.807, 2.05) is 140 Å². The van der Waals surface area contributed by atoms with Gasteiger partial charge in [-0.1, -0.05) is 176 Å². The lowest BCUT2D eigenvalue weighted by Crippen LogP contribution is -1.93. The number of fused-ring (bicyclic) bond motifs is 7. The first-order chi connectivity index (χ1) is 29.2. The highest BCUT2D eigenvalue weighted by Gasteiger charge is 2.21. The van der Waals surface area contributed by atoms with E-state index in [2.05, 4.69) is 12.1 Å². The maximum Gasteiger partial charge on any atom is 0.135 e. The molecule has 11 rings (SSSR count). The summed E-state index contributed by atoms with van der Waals surface area (Å²) in [5, 5.41) is 7.30. The zero-order valence-electron chi connectivity index (χ0n) is 35.3. The maximum atomic E-state index is 10.3. The van der Waals surface area contributed by atoms with E-state index < -0.39 is 12.1 Å². The predicted molar refractivity (Wildman–Crippen MR) is 225 cm³/mol. The zero-order valence-corrected chi connectivity index (χ0v) is 28.3. The fourth-order valence-electron chi connectivity index (χ4n) is 8.12. The number of furan rings is 1. The Bertz CT molecular complexity index is 3620. The second kappa shape index (κ2) is 11.8. The molecular weight excluding hydrogens is 641 g/mol. The van der Waals surface area contributed by atoms with E-state index in [0.29, 0.717) is 49.9 Å². The van der Waals surface area contributed by atoms with E-state index >= 15 is 0 Å². The van der Waals surface area contributed by atoms with Crippen LogP contribution < -0.4 is 0 Å². The third-order valence-electron chi connectivity index (χ3n) is 10.5. The monoisotopic (exact) mass is 679 g/mol. The molecule has 10 aromatic carbocycles. The van der Waals surface area contributed by atoms with E-state index in [1.54, 1.807) is 0 Å². The molecule has 1 heteroatoms. The van der Waals surface area contributed by atoms with E-state index in [-0.39, 0.29) is 51.9 Å². The van der Waals surface area contributed by atoms with E-state index in [4.69, 9.17) is 7.16 Å². The number of hydrogen-bond acceptors (Lipinski definition) is 1. The molecule has 0 fully saturated rings. The molecule has 0 saturated heterocycles. The van der Waals surface area contributed by atoms with Gasteiger partial charge in [-0.3, -0.25) is 0 Å². The van der Waals surface area contributed by atoms with Crippen LogP contribution in [0.4, 0.5) is 0 Å². The van der Waals surface area contributed by atoms with Gasteiger partial charge in [-0.25, -0.2) is 0 Å². The second-order valence-electron chi connectivity index (χ2n) is 13.4. The molecule has 1 heterocycles. The van der Waals surface area contributed by atoms with Gasteiger partial charge in [0.1, 0.15) is 11.3 Å². The minimum absolute atomic E-state index is 0.00458. The van der Waals surface area contributed by atoms with Crippen molar-refractivity contribution in [2.75, 3.05) is 0 Å². The molecule has 53 heavy (non-hydrogen) atoms. The summed E-state index contributed by atoms with van der Waals surface area (Å²) in [5.74, 6) is 0.611. The standard InChI is InChI=1S/C52H32O/c1-2-15-35(16-3-1)50-32-47-45(25-12-26-49(47)53-50)51-43-20-8-9-21-44(43)52(42-24-11-23-40-38-19-7-5-14-34(38)27-29-41(40)42)48-31-36(28-30-46(48)51)39-22-10-17-33-13-4-6-18-37(33)39/h1-32H/i8D,9D,20D,21D,28D,30D,31D. The van der Waals surface area contributed by atoms with Crippen LogP contribution in [-0.2, 0) is 0 Å². The third-order valence-corrected chi connectivity index (χ3v) is 10.5. The fourth-order valence-corrected chi connectivity index (χ4v) is 8.12. The lowest BCUT2D eigenvalue weighted by Gasteiger charge is -2.20. The smallest absolute Gasteiger partial charge is 0.135 e. The normalized spacial score (nSPS) is 13.6. The number of hydrogen-bond donors (Lipinski definition) is 0. The molecule has 1 aromatic heterocycles. The SMILES string of the molecule is [2H]c1c([2H])c([2H])c2c(-c3cccc4c3ccc3ccccc34)c3c([2H])c(-c4cccc5ccccc45)c([2H])c([2H])c3c(-c3cccc4oc(-c5ccccc5)cc34)c2c1[2H]. The molecule has 0 amide bonds. The summed E-state index contributed by atoms with van der Waals surface area (Å²) in [6.45, 7) is 0. The Hall–Kier alpha value is -6.96. The molecule has 0 atom stereocenters. The van der Waals surface area contributed by atoms with Crippen LogP contribution in [0, 0.1) is 0 Å². The minimum atomic E-state index is -0.414. The highest BCUT2D eigenvalue weighted by molar-refractivity contribution is 6.26. The Morgan fingerprint density at radius 1 is 0.358 bits per heavy atom. The van der Waals surface area contributed by atoms with Crippen molar-refractivity contribution in [3.63, 3.8) is 0 Å². The van der Waals surface area contributed by atoms with Gasteiger partial charge in [0.25, 0.3) is 0 Å². The number of benzene rings is 10. The Labute approximate surface area is 316 Å². The van der Waals surface area contributed by atoms with Crippen molar-refractivity contribution in [2.24, 2.45) is 0 Å². The molecule has 0 aliphatic carbocycles. The van der Waals surface area contributed by atoms with Crippen molar-refractivity contribution in [2.45, 2.75) is 0 Å². The molecular formula is C52H32O. The van der Waals surface area contributed by atoms with Gasteiger partial charge in [0.2, 0.25) is 0 Å². The van der Waals surface area contributed by atoms with Crippen molar-refractivity contribution in [3.8, 4) is 44.7 Å². The highest BCUT2D eigenvalue weighted by Crippen LogP contribution is 2.49. The first kappa shape index (κ1) is 23.5. The van der Waals surface area contributed by atoms with Crippen LogP contribution in [-0.4, -0.2) is 0 Å². The molecule has 0 saturated carbocycles. The summed E-state index contributed by atoms with van der Waals surface area (Å²) in [6.07, 6.45) is 0. The largest absolute Gasteiger partial charge is 0.456 e. The molecule has 0 unspecified atom stereocenters.